The van der Waals surface area contributed by atoms with Crippen LogP contribution in [0.5, 0.6) is 0 Å². The van der Waals surface area contributed by atoms with Gasteiger partial charge in [0, 0.05) is 11.8 Å². The molecule has 0 aromatic carbocycles. The lowest BCUT2D eigenvalue weighted by Crippen LogP contribution is -2.32. The van der Waals surface area contributed by atoms with Gasteiger partial charge >= 0.3 is 5.97 Å². The molecule has 19 heavy (non-hydrogen) atoms. The summed E-state index contributed by atoms with van der Waals surface area (Å²) in [5.41, 5.74) is 1.60. The van der Waals surface area contributed by atoms with Gasteiger partial charge in [-0.25, -0.2) is 4.79 Å². The second-order valence-electron chi connectivity index (χ2n) is 4.19. The van der Waals surface area contributed by atoms with E-state index in [0.717, 1.165) is 24.8 Å². The second-order valence-corrected chi connectivity index (χ2v) is 5.70. The van der Waals surface area contributed by atoms with Crippen molar-refractivity contribution in [2.75, 3.05) is 12.4 Å². The molecule has 0 atom stereocenters. The van der Waals surface area contributed by atoms with Crippen molar-refractivity contribution in [3.8, 4) is 0 Å². The molecule has 0 aliphatic heterocycles. The molecule has 0 fully saturated rings. The van der Waals surface area contributed by atoms with Crippen LogP contribution in [0.4, 0.5) is 5.00 Å². The molecule has 0 saturated heterocycles. The topological polar surface area (TPSA) is 67.4 Å². The number of anilines is 1. The number of ether oxygens (including phenoxy) is 1. The molecule has 1 amide bonds. The van der Waals surface area contributed by atoms with Gasteiger partial charge in [-0.2, -0.15) is 0 Å². The Morgan fingerprint density at radius 3 is 2.74 bits per heavy atom. The average Bonchev–Trinajstić information content (AvgIpc) is 2.86. The van der Waals surface area contributed by atoms with Crippen LogP contribution >= 0.6 is 23.6 Å². The summed E-state index contributed by atoms with van der Waals surface area (Å²) < 4.78 is 4.82. The number of esters is 1. The predicted octanol–water partition coefficient (Wildman–Crippen LogP) is 1.86. The van der Waals surface area contributed by atoms with Crippen molar-refractivity contribution in [2.45, 2.75) is 26.2 Å². The highest BCUT2D eigenvalue weighted by Gasteiger charge is 2.27. The van der Waals surface area contributed by atoms with Crippen molar-refractivity contribution in [3.05, 3.63) is 16.0 Å². The molecule has 1 aliphatic rings. The van der Waals surface area contributed by atoms with Crippen LogP contribution in [0.1, 0.15) is 34.1 Å². The van der Waals surface area contributed by atoms with Crippen LogP contribution in [0, 0.1) is 0 Å². The quantitative estimate of drug-likeness (QED) is 0.644. The molecule has 7 heteroatoms. The highest BCUT2D eigenvalue weighted by molar-refractivity contribution is 7.80. The molecular formula is C12H14N2O3S2. The summed E-state index contributed by atoms with van der Waals surface area (Å²) >= 11 is 6.51. The fraction of sp³-hybridized carbons (Fsp3) is 0.417. The maximum Gasteiger partial charge on any atom is 0.341 e. The van der Waals surface area contributed by atoms with Gasteiger partial charge in [0.2, 0.25) is 5.91 Å². The first kappa shape index (κ1) is 14.0. The smallest absolute Gasteiger partial charge is 0.341 e. The highest BCUT2D eigenvalue weighted by atomic mass is 32.1. The van der Waals surface area contributed by atoms with E-state index in [2.05, 4.69) is 10.6 Å². The van der Waals surface area contributed by atoms with E-state index >= 15 is 0 Å². The zero-order valence-electron chi connectivity index (χ0n) is 10.7. The zero-order valence-corrected chi connectivity index (χ0v) is 12.3. The Balaban J connectivity index is 2.28. The standard InChI is InChI=1S/C12H14N2O3S2/c1-6(15)13-12(18)14-10-9(11(16)17-2)7-4-3-5-8(7)19-10/h3-5H2,1-2H3,(H2,13,14,15,18). The molecular weight excluding hydrogens is 284 g/mol. The summed E-state index contributed by atoms with van der Waals surface area (Å²) in [6, 6.07) is 0. The van der Waals surface area contributed by atoms with Crippen LogP contribution in [0.15, 0.2) is 0 Å². The third-order valence-electron chi connectivity index (χ3n) is 2.83. The van der Waals surface area contributed by atoms with Gasteiger partial charge in [0.05, 0.1) is 12.7 Å². The summed E-state index contributed by atoms with van der Waals surface area (Å²) in [4.78, 5) is 24.0. The normalized spacial score (nSPS) is 12.7. The fourth-order valence-corrected chi connectivity index (χ4v) is 3.70. The molecule has 5 nitrogen and oxygen atoms in total. The molecule has 0 unspecified atom stereocenters. The van der Waals surface area contributed by atoms with Crippen molar-refractivity contribution < 1.29 is 14.3 Å². The van der Waals surface area contributed by atoms with Gasteiger partial charge < -0.3 is 15.4 Å². The summed E-state index contributed by atoms with van der Waals surface area (Å²) in [6.45, 7) is 1.38. The van der Waals surface area contributed by atoms with E-state index in [9.17, 15) is 9.59 Å². The van der Waals surface area contributed by atoms with Crippen LogP contribution in [0.3, 0.4) is 0 Å². The molecule has 0 bridgehead atoms. The first-order valence-electron chi connectivity index (χ1n) is 5.84. The van der Waals surface area contributed by atoms with E-state index in [1.54, 1.807) is 0 Å². The summed E-state index contributed by atoms with van der Waals surface area (Å²) in [5, 5.41) is 6.22. The number of aryl methyl sites for hydroxylation is 1. The van der Waals surface area contributed by atoms with E-state index < -0.39 is 0 Å². The van der Waals surface area contributed by atoms with Gasteiger partial charge in [-0.05, 0) is 37.0 Å². The number of nitrogens with one attached hydrogen (secondary N) is 2. The van der Waals surface area contributed by atoms with Crippen molar-refractivity contribution in [1.29, 1.82) is 0 Å². The van der Waals surface area contributed by atoms with Crippen molar-refractivity contribution in [2.24, 2.45) is 0 Å². The van der Waals surface area contributed by atoms with Gasteiger partial charge in [-0.1, -0.05) is 0 Å². The molecule has 1 aromatic rings. The van der Waals surface area contributed by atoms with E-state index in [1.807, 2.05) is 0 Å². The minimum absolute atomic E-state index is 0.192. The SMILES string of the molecule is COC(=O)c1c(NC(=S)NC(C)=O)sc2c1CCC2. The van der Waals surface area contributed by atoms with Crippen molar-refractivity contribution in [3.63, 3.8) is 0 Å². The van der Waals surface area contributed by atoms with Gasteiger partial charge in [-0.3, -0.25) is 4.79 Å². The fourth-order valence-electron chi connectivity index (χ4n) is 2.10. The summed E-state index contributed by atoms with van der Waals surface area (Å²) in [6.07, 6.45) is 2.91. The third kappa shape index (κ3) is 2.93. The first-order valence-corrected chi connectivity index (χ1v) is 7.06. The molecule has 0 spiro atoms. The Morgan fingerprint density at radius 1 is 1.37 bits per heavy atom. The highest BCUT2D eigenvalue weighted by Crippen LogP contribution is 2.39. The number of hydrogen-bond donors (Lipinski definition) is 2. The molecule has 0 radical (unpaired) electrons. The number of carbonyl (C=O) groups is 2. The van der Waals surface area contributed by atoms with Gasteiger partial charge in [0.1, 0.15) is 5.00 Å². The Kier molecular flexibility index (Phi) is 4.16. The second kappa shape index (κ2) is 5.66. The number of hydrogen-bond acceptors (Lipinski definition) is 5. The Bertz CT molecular complexity index is 551. The zero-order chi connectivity index (χ0) is 14.0. The monoisotopic (exact) mass is 298 g/mol. The molecule has 1 heterocycles. The van der Waals surface area contributed by atoms with E-state index in [-0.39, 0.29) is 17.0 Å². The Morgan fingerprint density at radius 2 is 2.11 bits per heavy atom. The molecule has 1 aromatic heterocycles. The van der Waals surface area contributed by atoms with Gasteiger partial charge in [0.25, 0.3) is 0 Å². The maximum absolute atomic E-state index is 11.9. The van der Waals surface area contributed by atoms with Crippen LogP contribution < -0.4 is 10.6 Å². The summed E-state index contributed by atoms with van der Waals surface area (Å²) in [5.74, 6) is -0.617. The number of fused-ring (bicyclic) bond motifs is 1. The number of amides is 1. The van der Waals surface area contributed by atoms with Gasteiger partial charge in [0.15, 0.2) is 5.11 Å². The predicted molar refractivity (Wildman–Crippen MR) is 77.7 cm³/mol. The first-order chi connectivity index (χ1) is 9.02. The maximum atomic E-state index is 11.9. The van der Waals surface area contributed by atoms with Crippen LogP contribution in [-0.4, -0.2) is 24.1 Å². The molecule has 2 N–H and O–H groups in total. The molecule has 1 aliphatic carbocycles. The minimum atomic E-state index is -0.368. The number of methoxy groups -OCH3 is 1. The van der Waals surface area contributed by atoms with Crippen molar-refractivity contribution in [1.82, 2.24) is 5.32 Å². The lowest BCUT2D eigenvalue weighted by Gasteiger charge is -2.08. The lowest BCUT2D eigenvalue weighted by molar-refractivity contribution is -0.117. The van der Waals surface area contributed by atoms with Crippen LogP contribution in [0.2, 0.25) is 0 Å². The number of thiophene rings is 1. The largest absolute Gasteiger partial charge is 0.465 e. The Labute approximate surface area is 120 Å². The number of rotatable bonds is 2. The lowest BCUT2D eigenvalue weighted by atomic mass is 10.1. The van der Waals surface area contributed by atoms with E-state index in [1.165, 1.54) is 30.2 Å². The average molecular weight is 298 g/mol. The van der Waals surface area contributed by atoms with E-state index in [4.69, 9.17) is 17.0 Å². The molecule has 0 saturated carbocycles. The van der Waals surface area contributed by atoms with Crippen LogP contribution in [-0.2, 0) is 22.4 Å². The summed E-state index contributed by atoms with van der Waals surface area (Å²) in [7, 11) is 1.36. The van der Waals surface area contributed by atoms with Crippen molar-refractivity contribution >= 4 is 45.5 Å². The van der Waals surface area contributed by atoms with Gasteiger partial charge in [-0.15, -0.1) is 11.3 Å². The molecule has 102 valence electrons. The molecule has 2 rings (SSSR count). The minimum Gasteiger partial charge on any atom is -0.465 e. The van der Waals surface area contributed by atoms with Crippen LogP contribution in [0.25, 0.3) is 0 Å². The third-order valence-corrected chi connectivity index (χ3v) is 4.24. The Hall–Kier alpha value is -1.47. The number of carbonyl (C=O) groups excluding carboxylic acids is 2. The number of thiocarbonyl (C=S) groups is 1. The van der Waals surface area contributed by atoms with E-state index in [0.29, 0.717) is 10.6 Å².